The molecule has 3 atom stereocenters. The lowest BCUT2D eigenvalue weighted by Crippen LogP contribution is -2.27. The van der Waals surface area contributed by atoms with Crippen LogP contribution in [0.4, 0.5) is 0 Å². The highest BCUT2D eigenvalue weighted by Gasteiger charge is 2.27. The lowest BCUT2D eigenvalue weighted by atomic mass is 9.75. The number of hydrogen-bond donors (Lipinski definition) is 0. The Morgan fingerprint density at radius 2 is 1.87 bits per heavy atom. The number of rotatable bonds is 4. The van der Waals surface area contributed by atoms with Crippen LogP contribution in [0.15, 0.2) is 12.2 Å². The van der Waals surface area contributed by atoms with Gasteiger partial charge in [0.05, 0.1) is 0 Å². The Morgan fingerprint density at radius 1 is 1.27 bits per heavy atom. The van der Waals surface area contributed by atoms with E-state index in [1.165, 1.54) is 25.0 Å². The molecule has 1 aliphatic rings. The summed E-state index contributed by atoms with van der Waals surface area (Å²) >= 11 is 2.13. The third-order valence-corrected chi connectivity index (χ3v) is 5.06. The van der Waals surface area contributed by atoms with Gasteiger partial charge < -0.3 is 0 Å². The van der Waals surface area contributed by atoms with E-state index in [1.807, 2.05) is 0 Å². The fourth-order valence-electron chi connectivity index (χ4n) is 2.67. The first-order valence-corrected chi connectivity index (χ1v) is 7.44. The van der Waals surface area contributed by atoms with Gasteiger partial charge >= 0.3 is 0 Å². The molecular formula is C14H26S. The van der Waals surface area contributed by atoms with Crippen molar-refractivity contribution < 1.29 is 0 Å². The molecule has 0 bridgehead atoms. The fraction of sp³-hybridized carbons (Fsp3) is 0.857. The first kappa shape index (κ1) is 13.2. The minimum Gasteiger partial charge on any atom is -0.154 e. The van der Waals surface area contributed by atoms with E-state index < -0.39 is 0 Å². The van der Waals surface area contributed by atoms with Crippen molar-refractivity contribution in [1.82, 2.24) is 0 Å². The van der Waals surface area contributed by atoms with Gasteiger partial charge in [-0.1, -0.05) is 45.3 Å². The minimum atomic E-state index is 0.691. The van der Waals surface area contributed by atoms with Crippen LogP contribution in [0, 0.1) is 17.8 Å². The van der Waals surface area contributed by atoms with Crippen molar-refractivity contribution >= 4 is 11.8 Å². The zero-order chi connectivity index (χ0) is 11.3. The van der Waals surface area contributed by atoms with Crippen LogP contribution < -0.4 is 0 Å². The van der Waals surface area contributed by atoms with Crippen molar-refractivity contribution in [3.63, 3.8) is 0 Å². The third kappa shape index (κ3) is 4.22. The summed E-state index contributed by atoms with van der Waals surface area (Å²) in [5.41, 5.74) is 0. The summed E-state index contributed by atoms with van der Waals surface area (Å²) in [6.07, 6.45) is 8.84. The first-order valence-electron chi connectivity index (χ1n) is 6.39. The molecule has 0 heterocycles. The van der Waals surface area contributed by atoms with Gasteiger partial charge in [-0.05, 0) is 37.4 Å². The van der Waals surface area contributed by atoms with Crippen LogP contribution in [0.25, 0.3) is 0 Å². The molecule has 0 saturated heterocycles. The van der Waals surface area contributed by atoms with Gasteiger partial charge in [0, 0.05) is 5.25 Å². The van der Waals surface area contributed by atoms with Gasteiger partial charge in [0.2, 0.25) is 0 Å². The second-order valence-corrected chi connectivity index (χ2v) is 6.52. The van der Waals surface area contributed by atoms with Crippen molar-refractivity contribution in [3.05, 3.63) is 12.2 Å². The van der Waals surface area contributed by atoms with E-state index in [0.717, 1.165) is 17.8 Å². The molecule has 0 aromatic carbocycles. The Hall–Kier alpha value is 0.0900. The summed E-state index contributed by atoms with van der Waals surface area (Å²) in [5, 5.41) is 0.691. The average molecular weight is 226 g/mol. The lowest BCUT2D eigenvalue weighted by molar-refractivity contribution is 0.202. The van der Waals surface area contributed by atoms with Gasteiger partial charge in [-0.3, -0.25) is 0 Å². The molecule has 1 aliphatic carbocycles. The maximum atomic E-state index is 2.45. The van der Waals surface area contributed by atoms with Crippen LogP contribution in [0.3, 0.4) is 0 Å². The number of thioether (sulfide) groups is 1. The van der Waals surface area contributed by atoms with E-state index in [4.69, 9.17) is 0 Å². The van der Waals surface area contributed by atoms with Crippen molar-refractivity contribution in [2.75, 3.05) is 5.75 Å². The molecule has 0 spiro atoms. The summed E-state index contributed by atoms with van der Waals surface area (Å²) in [6, 6.07) is 0. The zero-order valence-electron chi connectivity index (χ0n) is 10.7. The summed E-state index contributed by atoms with van der Waals surface area (Å²) in [4.78, 5) is 0. The fourth-order valence-corrected chi connectivity index (χ4v) is 4.12. The number of allylic oxidation sites excluding steroid dienone is 1. The quantitative estimate of drug-likeness (QED) is 0.623. The molecule has 0 radical (unpaired) electrons. The number of hydrogen-bond acceptors (Lipinski definition) is 1. The molecule has 15 heavy (non-hydrogen) atoms. The van der Waals surface area contributed by atoms with Gasteiger partial charge in [-0.2, -0.15) is 11.8 Å². The van der Waals surface area contributed by atoms with Crippen molar-refractivity contribution in [2.45, 2.75) is 52.2 Å². The van der Waals surface area contributed by atoms with E-state index in [9.17, 15) is 0 Å². The summed E-state index contributed by atoms with van der Waals surface area (Å²) < 4.78 is 0. The smallest absolute Gasteiger partial charge is 0.0198 e. The maximum Gasteiger partial charge on any atom is 0.0198 e. The molecular weight excluding hydrogens is 200 g/mol. The molecule has 0 amide bonds. The summed E-state index contributed by atoms with van der Waals surface area (Å²) in [5.74, 6) is 4.20. The standard InChI is InChI=1S/C14H26S/c1-5-7-13(4)15-10-14-11(2)8-6-9-12(14)3/h5,7,11-14H,6,8-10H2,1-4H3/b7-5+. The minimum absolute atomic E-state index is 0.691. The van der Waals surface area contributed by atoms with Crippen LogP contribution in [0.5, 0.6) is 0 Å². The van der Waals surface area contributed by atoms with Crippen molar-refractivity contribution in [1.29, 1.82) is 0 Å². The highest BCUT2D eigenvalue weighted by atomic mass is 32.2. The predicted octanol–water partition coefficient (Wildman–Crippen LogP) is 4.76. The van der Waals surface area contributed by atoms with Crippen molar-refractivity contribution in [2.24, 2.45) is 17.8 Å². The van der Waals surface area contributed by atoms with Crippen LogP contribution in [-0.2, 0) is 0 Å². The molecule has 1 fully saturated rings. The molecule has 0 aromatic rings. The van der Waals surface area contributed by atoms with E-state index in [-0.39, 0.29) is 0 Å². The van der Waals surface area contributed by atoms with Crippen LogP contribution in [0.1, 0.15) is 47.0 Å². The summed E-state index contributed by atoms with van der Waals surface area (Å²) in [6.45, 7) is 9.31. The van der Waals surface area contributed by atoms with Gasteiger partial charge in [0.1, 0.15) is 0 Å². The van der Waals surface area contributed by atoms with Gasteiger partial charge in [0.15, 0.2) is 0 Å². The van der Waals surface area contributed by atoms with Crippen LogP contribution in [0.2, 0.25) is 0 Å². The van der Waals surface area contributed by atoms with E-state index in [2.05, 4.69) is 51.6 Å². The van der Waals surface area contributed by atoms with Gasteiger partial charge in [-0.15, -0.1) is 0 Å². The largest absolute Gasteiger partial charge is 0.154 e. The molecule has 0 aromatic heterocycles. The normalized spacial score (nSPS) is 34.5. The molecule has 88 valence electrons. The van der Waals surface area contributed by atoms with Gasteiger partial charge in [0.25, 0.3) is 0 Å². The molecule has 0 aliphatic heterocycles. The maximum absolute atomic E-state index is 2.45. The second-order valence-electron chi connectivity index (χ2n) is 5.11. The Morgan fingerprint density at radius 3 is 2.40 bits per heavy atom. The predicted molar refractivity (Wildman–Crippen MR) is 72.4 cm³/mol. The van der Waals surface area contributed by atoms with Crippen LogP contribution >= 0.6 is 11.8 Å². The second kappa shape index (κ2) is 6.62. The van der Waals surface area contributed by atoms with Crippen LogP contribution in [-0.4, -0.2) is 11.0 Å². The Balaban J connectivity index is 2.35. The van der Waals surface area contributed by atoms with E-state index >= 15 is 0 Å². The average Bonchev–Trinajstić information content (AvgIpc) is 2.17. The van der Waals surface area contributed by atoms with E-state index in [1.54, 1.807) is 0 Å². The summed E-state index contributed by atoms with van der Waals surface area (Å²) in [7, 11) is 0. The first-order chi connectivity index (χ1) is 7.15. The van der Waals surface area contributed by atoms with E-state index in [0.29, 0.717) is 5.25 Å². The van der Waals surface area contributed by atoms with Gasteiger partial charge in [-0.25, -0.2) is 0 Å². The SMILES string of the molecule is C/C=C/C(C)SCC1C(C)CCCC1C. The highest BCUT2D eigenvalue weighted by molar-refractivity contribution is 8.00. The molecule has 1 rings (SSSR count). The molecule has 3 unspecified atom stereocenters. The molecule has 0 nitrogen and oxygen atoms in total. The Kier molecular flexibility index (Phi) is 5.81. The molecule has 0 N–H and O–H groups in total. The zero-order valence-corrected chi connectivity index (χ0v) is 11.5. The molecule has 1 heteroatoms. The highest BCUT2D eigenvalue weighted by Crippen LogP contribution is 2.37. The molecule has 1 saturated carbocycles. The monoisotopic (exact) mass is 226 g/mol. The van der Waals surface area contributed by atoms with Crippen molar-refractivity contribution in [3.8, 4) is 0 Å². The topological polar surface area (TPSA) is 0 Å². The Bertz CT molecular complexity index is 188. The third-order valence-electron chi connectivity index (χ3n) is 3.80. The lowest BCUT2D eigenvalue weighted by Gasteiger charge is -2.34. The Labute approximate surface area is 99.9 Å².